The van der Waals surface area contributed by atoms with Crippen molar-refractivity contribution >= 4 is 17.3 Å². The van der Waals surface area contributed by atoms with Crippen molar-refractivity contribution < 1.29 is 9.47 Å². The molecule has 0 bridgehead atoms. The standard InChI is InChI=1S/C15H24N2O2S/c1-3-10-19-11-4-9-16-15(20)17-12-13-5-7-14(18-2)8-6-13/h5-8H,3-4,9-12H2,1-2H3,(H2,16,17,20). The van der Waals surface area contributed by atoms with Crippen molar-refractivity contribution in [3.05, 3.63) is 29.8 Å². The Morgan fingerprint density at radius 2 is 1.90 bits per heavy atom. The zero-order valence-electron chi connectivity index (χ0n) is 12.3. The molecule has 0 atom stereocenters. The molecule has 1 rings (SSSR count). The maximum atomic E-state index is 5.40. The van der Waals surface area contributed by atoms with Gasteiger partial charge in [-0.2, -0.15) is 0 Å². The minimum atomic E-state index is 0.677. The van der Waals surface area contributed by atoms with E-state index in [1.165, 1.54) is 5.56 Å². The predicted molar refractivity (Wildman–Crippen MR) is 86.2 cm³/mol. The molecule has 112 valence electrons. The minimum Gasteiger partial charge on any atom is -0.497 e. The second-order valence-electron chi connectivity index (χ2n) is 4.42. The van der Waals surface area contributed by atoms with Crippen molar-refractivity contribution in [2.75, 3.05) is 26.9 Å². The van der Waals surface area contributed by atoms with Crippen molar-refractivity contribution in [1.29, 1.82) is 0 Å². The first-order chi connectivity index (χ1) is 9.76. The van der Waals surface area contributed by atoms with E-state index in [4.69, 9.17) is 21.7 Å². The van der Waals surface area contributed by atoms with E-state index in [0.717, 1.165) is 38.3 Å². The Bertz CT molecular complexity index is 382. The van der Waals surface area contributed by atoms with Crippen LogP contribution in [0.5, 0.6) is 5.75 Å². The van der Waals surface area contributed by atoms with Crippen LogP contribution in [0.25, 0.3) is 0 Å². The molecule has 1 aromatic carbocycles. The zero-order chi connectivity index (χ0) is 14.6. The fourth-order valence-electron chi connectivity index (χ4n) is 1.61. The van der Waals surface area contributed by atoms with Gasteiger partial charge in [0.25, 0.3) is 0 Å². The Balaban J connectivity index is 2.10. The molecule has 0 aliphatic carbocycles. The maximum Gasteiger partial charge on any atom is 0.166 e. The van der Waals surface area contributed by atoms with E-state index < -0.39 is 0 Å². The SMILES string of the molecule is CCCOCCCNC(=S)NCc1ccc(OC)cc1. The molecule has 5 heteroatoms. The second-order valence-corrected chi connectivity index (χ2v) is 4.83. The number of benzene rings is 1. The van der Waals surface area contributed by atoms with Gasteiger partial charge >= 0.3 is 0 Å². The largest absolute Gasteiger partial charge is 0.497 e. The van der Waals surface area contributed by atoms with Gasteiger partial charge < -0.3 is 20.1 Å². The molecule has 4 nitrogen and oxygen atoms in total. The lowest BCUT2D eigenvalue weighted by Crippen LogP contribution is -2.35. The van der Waals surface area contributed by atoms with E-state index >= 15 is 0 Å². The summed E-state index contributed by atoms with van der Waals surface area (Å²) in [6, 6.07) is 7.93. The first-order valence-electron chi connectivity index (χ1n) is 6.98. The van der Waals surface area contributed by atoms with Crippen molar-refractivity contribution in [2.24, 2.45) is 0 Å². The Hall–Kier alpha value is -1.33. The van der Waals surface area contributed by atoms with Crippen molar-refractivity contribution in [3.63, 3.8) is 0 Å². The third-order valence-corrected chi connectivity index (χ3v) is 3.00. The maximum absolute atomic E-state index is 5.40. The summed E-state index contributed by atoms with van der Waals surface area (Å²) in [5.41, 5.74) is 1.17. The molecule has 0 fully saturated rings. The summed E-state index contributed by atoms with van der Waals surface area (Å²) >= 11 is 5.21. The lowest BCUT2D eigenvalue weighted by molar-refractivity contribution is 0.133. The van der Waals surface area contributed by atoms with Crippen molar-refractivity contribution in [1.82, 2.24) is 10.6 Å². The van der Waals surface area contributed by atoms with Crippen LogP contribution in [0.1, 0.15) is 25.3 Å². The first kappa shape index (κ1) is 16.7. The quantitative estimate of drug-likeness (QED) is 0.541. The van der Waals surface area contributed by atoms with Gasteiger partial charge in [-0.3, -0.25) is 0 Å². The second kappa shape index (κ2) is 10.5. The molecule has 0 amide bonds. The highest BCUT2D eigenvalue weighted by Crippen LogP contribution is 2.10. The number of methoxy groups -OCH3 is 1. The van der Waals surface area contributed by atoms with E-state index in [-0.39, 0.29) is 0 Å². The number of nitrogens with one attached hydrogen (secondary N) is 2. The van der Waals surface area contributed by atoms with Gasteiger partial charge in [0.1, 0.15) is 5.75 Å². The first-order valence-corrected chi connectivity index (χ1v) is 7.39. The molecule has 2 N–H and O–H groups in total. The van der Waals surface area contributed by atoms with Crippen LogP contribution in [-0.2, 0) is 11.3 Å². The number of hydrogen-bond donors (Lipinski definition) is 2. The lowest BCUT2D eigenvalue weighted by atomic mass is 10.2. The highest BCUT2D eigenvalue weighted by Gasteiger charge is 1.97. The molecule has 0 saturated heterocycles. The Morgan fingerprint density at radius 3 is 2.55 bits per heavy atom. The van der Waals surface area contributed by atoms with Crippen LogP contribution in [-0.4, -0.2) is 32.0 Å². The monoisotopic (exact) mass is 296 g/mol. The molecule has 1 aromatic rings. The van der Waals surface area contributed by atoms with Gasteiger partial charge in [0.15, 0.2) is 5.11 Å². The Kier molecular flexibility index (Phi) is 8.74. The molecule has 0 heterocycles. The summed E-state index contributed by atoms with van der Waals surface area (Å²) in [5, 5.41) is 7.02. The fourth-order valence-corrected chi connectivity index (χ4v) is 1.79. The lowest BCUT2D eigenvalue weighted by Gasteiger charge is -2.11. The summed E-state index contributed by atoms with van der Waals surface area (Å²) in [6.45, 7) is 5.26. The van der Waals surface area contributed by atoms with Gasteiger partial charge in [0.2, 0.25) is 0 Å². The van der Waals surface area contributed by atoms with Crippen LogP contribution in [0, 0.1) is 0 Å². The van der Waals surface area contributed by atoms with Crippen molar-refractivity contribution in [3.8, 4) is 5.75 Å². The average Bonchev–Trinajstić information content (AvgIpc) is 2.49. The number of ether oxygens (including phenoxy) is 2. The molecule has 0 aliphatic heterocycles. The molecule has 0 aliphatic rings. The van der Waals surface area contributed by atoms with Gasteiger partial charge in [-0.1, -0.05) is 19.1 Å². The summed E-state index contributed by atoms with van der Waals surface area (Å²) in [6.07, 6.45) is 2.03. The van der Waals surface area contributed by atoms with Gasteiger partial charge in [0.05, 0.1) is 7.11 Å². The molecule has 0 saturated carbocycles. The molecular formula is C15H24N2O2S. The zero-order valence-corrected chi connectivity index (χ0v) is 13.1. The van der Waals surface area contributed by atoms with Crippen LogP contribution >= 0.6 is 12.2 Å². The number of hydrogen-bond acceptors (Lipinski definition) is 3. The molecule has 0 unspecified atom stereocenters. The van der Waals surface area contributed by atoms with Crippen LogP contribution in [0.15, 0.2) is 24.3 Å². The minimum absolute atomic E-state index is 0.677. The Morgan fingerprint density at radius 1 is 1.15 bits per heavy atom. The summed E-state index contributed by atoms with van der Waals surface area (Å²) in [4.78, 5) is 0. The topological polar surface area (TPSA) is 42.5 Å². The van der Waals surface area contributed by atoms with Gasteiger partial charge in [0, 0.05) is 26.3 Å². The molecule has 0 spiro atoms. The summed E-state index contributed by atoms with van der Waals surface area (Å²) in [5.74, 6) is 0.863. The third kappa shape index (κ3) is 7.31. The van der Waals surface area contributed by atoms with Crippen LogP contribution in [0.4, 0.5) is 0 Å². The van der Waals surface area contributed by atoms with E-state index in [1.807, 2.05) is 24.3 Å². The smallest absolute Gasteiger partial charge is 0.166 e. The highest BCUT2D eigenvalue weighted by molar-refractivity contribution is 7.80. The van der Waals surface area contributed by atoms with Crippen LogP contribution < -0.4 is 15.4 Å². The number of rotatable bonds is 9. The van der Waals surface area contributed by atoms with Crippen LogP contribution in [0.2, 0.25) is 0 Å². The highest BCUT2D eigenvalue weighted by atomic mass is 32.1. The number of thiocarbonyl (C=S) groups is 1. The molecular weight excluding hydrogens is 272 g/mol. The van der Waals surface area contributed by atoms with Gasteiger partial charge in [-0.25, -0.2) is 0 Å². The summed E-state index contributed by atoms with van der Waals surface area (Å²) < 4.78 is 10.5. The van der Waals surface area contributed by atoms with Crippen LogP contribution in [0.3, 0.4) is 0 Å². The third-order valence-electron chi connectivity index (χ3n) is 2.71. The Labute approximate surface area is 126 Å². The average molecular weight is 296 g/mol. The van der Waals surface area contributed by atoms with E-state index in [1.54, 1.807) is 7.11 Å². The van der Waals surface area contributed by atoms with E-state index in [9.17, 15) is 0 Å². The predicted octanol–water partition coefficient (Wildman–Crippen LogP) is 2.48. The van der Waals surface area contributed by atoms with Crippen molar-refractivity contribution in [2.45, 2.75) is 26.3 Å². The van der Waals surface area contributed by atoms with E-state index in [0.29, 0.717) is 11.7 Å². The molecule has 0 radical (unpaired) electrons. The van der Waals surface area contributed by atoms with Gasteiger partial charge in [-0.15, -0.1) is 0 Å². The molecule has 0 aromatic heterocycles. The summed E-state index contributed by atoms with van der Waals surface area (Å²) in [7, 11) is 1.66. The normalized spacial score (nSPS) is 10.1. The van der Waals surface area contributed by atoms with E-state index in [2.05, 4.69) is 17.6 Å². The van der Waals surface area contributed by atoms with Gasteiger partial charge in [-0.05, 0) is 42.8 Å². The fraction of sp³-hybridized carbons (Fsp3) is 0.533. The molecule has 20 heavy (non-hydrogen) atoms.